The molecule has 1 unspecified atom stereocenters. The van der Waals surface area contributed by atoms with E-state index in [0.29, 0.717) is 6.42 Å². The van der Waals surface area contributed by atoms with Gasteiger partial charge in [0.05, 0.1) is 19.3 Å². The summed E-state index contributed by atoms with van der Waals surface area (Å²) in [5, 5.41) is 3.04. The molecule has 2 rings (SSSR count). The van der Waals surface area contributed by atoms with Gasteiger partial charge in [-0.25, -0.2) is 0 Å². The van der Waals surface area contributed by atoms with Crippen molar-refractivity contribution in [1.29, 1.82) is 0 Å². The van der Waals surface area contributed by atoms with Gasteiger partial charge in [-0.15, -0.1) is 0 Å². The van der Waals surface area contributed by atoms with Crippen molar-refractivity contribution in [3.63, 3.8) is 0 Å². The van der Waals surface area contributed by atoms with E-state index < -0.39 is 0 Å². The van der Waals surface area contributed by atoms with Crippen LogP contribution in [0.15, 0.2) is 30.3 Å². The highest BCUT2D eigenvalue weighted by Crippen LogP contribution is 2.11. The number of nitrogens with zero attached hydrogens (tertiary/aromatic N) is 1. The smallest absolute Gasteiger partial charge is 0.221 e. The van der Waals surface area contributed by atoms with Crippen LogP contribution in [0.1, 0.15) is 24.9 Å². The van der Waals surface area contributed by atoms with Crippen molar-refractivity contribution >= 4 is 5.91 Å². The highest BCUT2D eigenvalue weighted by atomic mass is 16.5. The highest BCUT2D eigenvalue weighted by Gasteiger charge is 2.13. The molecule has 1 fully saturated rings. The molecule has 1 aromatic rings. The van der Waals surface area contributed by atoms with Crippen LogP contribution in [0.25, 0.3) is 0 Å². The molecule has 19 heavy (non-hydrogen) atoms. The van der Waals surface area contributed by atoms with E-state index in [2.05, 4.69) is 10.2 Å². The average Bonchev–Trinajstić information content (AvgIpc) is 2.47. The van der Waals surface area contributed by atoms with E-state index in [1.165, 1.54) is 0 Å². The fourth-order valence-corrected chi connectivity index (χ4v) is 2.22. The largest absolute Gasteiger partial charge is 0.379 e. The molecular weight excluding hydrogens is 240 g/mol. The predicted octanol–water partition coefficient (Wildman–Crippen LogP) is 1.59. The van der Waals surface area contributed by atoms with Crippen LogP contribution in [0.5, 0.6) is 0 Å². The number of ether oxygens (including phenoxy) is 1. The quantitative estimate of drug-likeness (QED) is 0.876. The van der Waals surface area contributed by atoms with Gasteiger partial charge in [0.25, 0.3) is 0 Å². The Morgan fingerprint density at radius 2 is 2.00 bits per heavy atom. The lowest BCUT2D eigenvalue weighted by Crippen LogP contribution is -2.39. The van der Waals surface area contributed by atoms with E-state index >= 15 is 0 Å². The van der Waals surface area contributed by atoms with Gasteiger partial charge in [-0.3, -0.25) is 9.69 Å². The minimum atomic E-state index is 0.0680. The second-order valence-corrected chi connectivity index (χ2v) is 4.90. The summed E-state index contributed by atoms with van der Waals surface area (Å²) in [7, 11) is 0. The normalized spacial score (nSPS) is 17.9. The van der Waals surface area contributed by atoms with E-state index in [-0.39, 0.29) is 11.9 Å². The summed E-state index contributed by atoms with van der Waals surface area (Å²) in [5.74, 6) is 0.114. The van der Waals surface area contributed by atoms with Crippen molar-refractivity contribution in [3.05, 3.63) is 35.9 Å². The van der Waals surface area contributed by atoms with E-state index in [0.717, 1.165) is 38.4 Å². The van der Waals surface area contributed by atoms with Crippen molar-refractivity contribution in [2.75, 3.05) is 32.8 Å². The predicted molar refractivity (Wildman–Crippen MR) is 74.9 cm³/mol. The summed E-state index contributed by atoms with van der Waals surface area (Å²) in [4.78, 5) is 14.2. The fourth-order valence-electron chi connectivity index (χ4n) is 2.22. The molecule has 0 aromatic heterocycles. The van der Waals surface area contributed by atoms with Gasteiger partial charge in [-0.2, -0.15) is 0 Å². The first-order chi connectivity index (χ1) is 9.25. The number of benzene rings is 1. The topological polar surface area (TPSA) is 41.6 Å². The van der Waals surface area contributed by atoms with E-state index in [9.17, 15) is 4.79 Å². The Morgan fingerprint density at radius 1 is 1.32 bits per heavy atom. The molecule has 1 aromatic carbocycles. The summed E-state index contributed by atoms with van der Waals surface area (Å²) in [5.41, 5.74) is 1.14. The van der Waals surface area contributed by atoms with Crippen LogP contribution in [-0.4, -0.2) is 43.7 Å². The molecular formula is C15H22N2O2. The third-order valence-corrected chi connectivity index (χ3v) is 3.44. The van der Waals surface area contributed by atoms with Crippen LogP contribution in [0.2, 0.25) is 0 Å². The van der Waals surface area contributed by atoms with Crippen molar-refractivity contribution in [1.82, 2.24) is 10.2 Å². The Bertz CT molecular complexity index is 388. The molecule has 0 saturated carbocycles. The first-order valence-electron chi connectivity index (χ1n) is 6.90. The zero-order valence-corrected chi connectivity index (χ0v) is 11.5. The standard InChI is InChI=1S/C15H22N2O2/c1-13(14-5-3-2-4-6-14)16-15(18)7-8-17-9-11-19-12-10-17/h2-6,13H,7-12H2,1H3,(H,16,18). The molecule has 0 aliphatic carbocycles. The second kappa shape index (κ2) is 7.26. The molecule has 0 spiro atoms. The first-order valence-corrected chi connectivity index (χ1v) is 6.90. The summed E-state index contributed by atoms with van der Waals surface area (Å²) in [6.45, 7) is 6.26. The van der Waals surface area contributed by atoms with Crippen LogP contribution in [-0.2, 0) is 9.53 Å². The molecule has 1 N–H and O–H groups in total. The van der Waals surface area contributed by atoms with E-state index in [1.807, 2.05) is 37.3 Å². The molecule has 1 aliphatic heterocycles. The molecule has 4 heteroatoms. The third-order valence-electron chi connectivity index (χ3n) is 3.44. The number of amides is 1. The van der Waals surface area contributed by atoms with Gasteiger partial charge in [-0.05, 0) is 12.5 Å². The minimum Gasteiger partial charge on any atom is -0.379 e. The molecule has 1 heterocycles. The number of hydrogen-bond donors (Lipinski definition) is 1. The lowest BCUT2D eigenvalue weighted by Gasteiger charge is -2.26. The van der Waals surface area contributed by atoms with Crippen molar-refractivity contribution in [2.24, 2.45) is 0 Å². The van der Waals surface area contributed by atoms with Crippen LogP contribution in [0.4, 0.5) is 0 Å². The Hall–Kier alpha value is -1.39. The first kappa shape index (κ1) is 14.0. The molecule has 0 bridgehead atoms. The number of nitrogens with one attached hydrogen (secondary N) is 1. The molecule has 104 valence electrons. The van der Waals surface area contributed by atoms with Gasteiger partial charge in [0, 0.05) is 26.1 Å². The van der Waals surface area contributed by atoms with Gasteiger partial charge in [0.2, 0.25) is 5.91 Å². The SMILES string of the molecule is CC(NC(=O)CCN1CCOCC1)c1ccccc1. The van der Waals surface area contributed by atoms with E-state index in [1.54, 1.807) is 0 Å². The molecule has 1 saturated heterocycles. The average molecular weight is 262 g/mol. The van der Waals surface area contributed by atoms with Crippen LogP contribution >= 0.6 is 0 Å². The van der Waals surface area contributed by atoms with Gasteiger partial charge in [0.1, 0.15) is 0 Å². The molecule has 1 atom stereocenters. The maximum absolute atomic E-state index is 11.9. The molecule has 4 nitrogen and oxygen atoms in total. The molecule has 0 radical (unpaired) electrons. The zero-order chi connectivity index (χ0) is 13.5. The summed E-state index contributed by atoms with van der Waals surface area (Å²) < 4.78 is 5.29. The van der Waals surface area contributed by atoms with Gasteiger partial charge >= 0.3 is 0 Å². The van der Waals surface area contributed by atoms with Crippen LogP contribution in [0.3, 0.4) is 0 Å². The number of carbonyl (C=O) groups is 1. The van der Waals surface area contributed by atoms with Crippen LogP contribution < -0.4 is 5.32 Å². The van der Waals surface area contributed by atoms with Gasteiger partial charge < -0.3 is 10.1 Å². The Labute approximate surface area is 114 Å². The van der Waals surface area contributed by atoms with Gasteiger partial charge in [0.15, 0.2) is 0 Å². The zero-order valence-electron chi connectivity index (χ0n) is 11.5. The van der Waals surface area contributed by atoms with Crippen molar-refractivity contribution in [3.8, 4) is 0 Å². The number of rotatable bonds is 5. The molecule has 1 aliphatic rings. The maximum atomic E-state index is 11.9. The van der Waals surface area contributed by atoms with Gasteiger partial charge in [-0.1, -0.05) is 30.3 Å². The van der Waals surface area contributed by atoms with Crippen molar-refractivity contribution in [2.45, 2.75) is 19.4 Å². The highest BCUT2D eigenvalue weighted by molar-refractivity contribution is 5.76. The van der Waals surface area contributed by atoms with E-state index in [4.69, 9.17) is 4.74 Å². The number of morpholine rings is 1. The summed E-state index contributed by atoms with van der Waals surface area (Å²) in [6.07, 6.45) is 0.553. The lowest BCUT2D eigenvalue weighted by molar-refractivity contribution is -0.122. The fraction of sp³-hybridized carbons (Fsp3) is 0.533. The maximum Gasteiger partial charge on any atom is 0.221 e. The number of carbonyl (C=O) groups excluding carboxylic acids is 1. The lowest BCUT2D eigenvalue weighted by atomic mass is 10.1. The Morgan fingerprint density at radius 3 is 2.68 bits per heavy atom. The Balaban J connectivity index is 1.71. The monoisotopic (exact) mass is 262 g/mol. The van der Waals surface area contributed by atoms with Crippen molar-refractivity contribution < 1.29 is 9.53 Å². The van der Waals surface area contributed by atoms with Crippen LogP contribution in [0, 0.1) is 0 Å². The second-order valence-electron chi connectivity index (χ2n) is 4.90. The summed E-state index contributed by atoms with van der Waals surface area (Å²) >= 11 is 0. The Kier molecular flexibility index (Phi) is 5.36. The number of hydrogen-bond acceptors (Lipinski definition) is 3. The third kappa shape index (κ3) is 4.65. The summed E-state index contributed by atoms with van der Waals surface area (Å²) in [6, 6.07) is 10.1. The molecule has 1 amide bonds. The minimum absolute atomic E-state index is 0.0680.